The van der Waals surface area contributed by atoms with Gasteiger partial charge in [0.2, 0.25) is 5.91 Å². The van der Waals surface area contributed by atoms with Crippen LogP contribution in [-0.4, -0.2) is 19.3 Å². The minimum atomic E-state index is -3.69. The fourth-order valence-electron chi connectivity index (χ4n) is 1.29. The number of carbonyl (C=O) groups excluding carboxylic acids is 1. The minimum Gasteiger partial charge on any atom is -0.350 e. The highest BCUT2D eigenvalue weighted by Gasteiger charge is 2.15. The summed E-state index contributed by atoms with van der Waals surface area (Å²) < 4.78 is 22.5. The Morgan fingerprint density at radius 1 is 1.37 bits per heavy atom. The predicted molar refractivity (Wildman–Crippen MR) is 76.0 cm³/mol. The van der Waals surface area contributed by atoms with Gasteiger partial charge in [-0.3, -0.25) is 4.79 Å². The summed E-state index contributed by atoms with van der Waals surface area (Å²) in [5, 5.41) is 3.41. The molecule has 1 N–H and O–H groups in total. The van der Waals surface area contributed by atoms with E-state index in [1.807, 2.05) is 0 Å². The summed E-state index contributed by atoms with van der Waals surface area (Å²) in [6, 6.07) is 3.16. The van der Waals surface area contributed by atoms with Gasteiger partial charge in [-0.15, -0.1) is 22.7 Å². The van der Waals surface area contributed by atoms with Crippen molar-refractivity contribution in [3.05, 3.63) is 23.3 Å². The summed E-state index contributed by atoms with van der Waals surface area (Å²) in [4.78, 5) is 16.6. The van der Waals surface area contributed by atoms with E-state index in [-0.39, 0.29) is 10.1 Å². The second kappa shape index (κ2) is 5.58. The van der Waals surface area contributed by atoms with Crippen molar-refractivity contribution in [3.8, 4) is 9.75 Å². The molecule has 0 saturated carbocycles. The first-order valence-electron chi connectivity index (χ1n) is 5.10. The molecule has 0 radical (unpaired) electrons. The molecule has 0 aromatic carbocycles. The first kappa shape index (κ1) is 14.4. The van der Waals surface area contributed by atoms with Gasteiger partial charge in [-0.05, 0) is 12.1 Å². The lowest BCUT2D eigenvalue weighted by Crippen LogP contribution is -2.18. The molecule has 5 nitrogen and oxygen atoms in total. The first-order chi connectivity index (χ1) is 8.86. The Bertz CT molecular complexity index is 705. The molecule has 2 aromatic heterocycles. The average molecular weight is 337 g/mol. The lowest BCUT2D eigenvalue weighted by atomic mass is 10.4. The van der Waals surface area contributed by atoms with Crippen molar-refractivity contribution in [1.29, 1.82) is 0 Å². The van der Waals surface area contributed by atoms with E-state index >= 15 is 0 Å². The number of thiazole rings is 1. The number of thiophene rings is 1. The van der Waals surface area contributed by atoms with Gasteiger partial charge >= 0.3 is 0 Å². The Morgan fingerprint density at radius 3 is 2.68 bits per heavy atom. The van der Waals surface area contributed by atoms with E-state index < -0.39 is 9.05 Å². The zero-order chi connectivity index (χ0) is 14.0. The van der Waals surface area contributed by atoms with Crippen molar-refractivity contribution in [1.82, 2.24) is 10.3 Å². The Balaban J connectivity index is 2.19. The van der Waals surface area contributed by atoms with E-state index in [9.17, 15) is 13.2 Å². The number of hydrogen-bond acceptors (Lipinski definition) is 6. The highest BCUT2D eigenvalue weighted by molar-refractivity contribution is 8.15. The molecule has 0 aliphatic rings. The average Bonchev–Trinajstić information content (AvgIpc) is 2.94. The van der Waals surface area contributed by atoms with Gasteiger partial charge in [0.15, 0.2) is 0 Å². The van der Waals surface area contributed by atoms with Gasteiger partial charge in [-0.25, -0.2) is 13.4 Å². The standard InChI is InChI=1S/C10H9ClN2O3S3/c1-6(14)12-5-9-13-4-8(17-9)7-2-3-10(18-7)19(11,15)16/h2-4H,5H2,1H3,(H,12,14). The fourth-order valence-corrected chi connectivity index (χ4v) is 4.30. The topological polar surface area (TPSA) is 76.1 Å². The smallest absolute Gasteiger partial charge is 0.270 e. The number of nitrogens with zero attached hydrogens (tertiary/aromatic N) is 1. The maximum absolute atomic E-state index is 11.2. The second-order valence-electron chi connectivity index (χ2n) is 3.58. The van der Waals surface area contributed by atoms with Crippen LogP contribution in [0.2, 0.25) is 0 Å². The van der Waals surface area contributed by atoms with Gasteiger partial charge in [0.05, 0.1) is 11.4 Å². The molecular formula is C10H9ClN2O3S3. The van der Waals surface area contributed by atoms with Crippen LogP contribution in [0.25, 0.3) is 9.75 Å². The molecule has 0 unspecified atom stereocenters. The van der Waals surface area contributed by atoms with E-state index in [2.05, 4.69) is 10.3 Å². The first-order valence-corrected chi connectivity index (χ1v) is 9.04. The summed E-state index contributed by atoms with van der Waals surface area (Å²) in [6.45, 7) is 1.80. The largest absolute Gasteiger partial charge is 0.350 e. The molecular weight excluding hydrogens is 328 g/mol. The summed E-state index contributed by atoms with van der Waals surface area (Å²) in [5.74, 6) is -0.122. The third-order valence-corrected chi connectivity index (χ3v) is 6.48. The molecule has 0 aliphatic heterocycles. The number of amides is 1. The molecule has 102 valence electrons. The van der Waals surface area contributed by atoms with Gasteiger partial charge in [0.1, 0.15) is 9.22 Å². The van der Waals surface area contributed by atoms with E-state index in [1.54, 1.807) is 12.3 Å². The van der Waals surface area contributed by atoms with E-state index in [4.69, 9.17) is 10.7 Å². The maximum Gasteiger partial charge on any atom is 0.270 e. The van der Waals surface area contributed by atoms with Crippen molar-refractivity contribution in [3.63, 3.8) is 0 Å². The number of hydrogen-bond donors (Lipinski definition) is 1. The number of nitrogens with one attached hydrogen (secondary N) is 1. The summed E-state index contributed by atoms with van der Waals surface area (Å²) >= 11 is 2.49. The quantitative estimate of drug-likeness (QED) is 0.870. The van der Waals surface area contributed by atoms with Crippen LogP contribution in [0, 0.1) is 0 Å². The molecule has 9 heteroatoms. The fraction of sp³-hybridized carbons (Fsp3) is 0.200. The molecule has 0 atom stereocenters. The summed E-state index contributed by atoms with van der Waals surface area (Å²) in [7, 11) is 1.59. The maximum atomic E-state index is 11.2. The third-order valence-electron chi connectivity index (χ3n) is 2.11. The van der Waals surface area contributed by atoms with Crippen molar-refractivity contribution in [2.75, 3.05) is 0 Å². The van der Waals surface area contributed by atoms with Crippen LogP contribution < -0.4 is 5.32 Å². The molecule has 0 fully saturated rings. The summed E-state index contributed by atoms with van der Waals surface area (Å²) in [5.41, 5.74) is 0. The monoisotopic (exact) mass is 336 g/mol. The highest BCUT2D eigenvalue weighted by Crippen LogP contribution is 2.35. The molecule has 0 spiro atoms. The molecule has 19 heavy (non-hydrogen) atoms. The molecule has 0 aliphatic carbocycles. The van der Waals surface area contributed by atoms with E-state index in [1.165, 1.54) is 24.3 Å². The van der Waals surface area contributed by atoms with Crippen molar-refractivity contribution in [2.24, 2.45) is 0 Å². The highest BCUT2D eigenvalue weighted by atomic mass is 35.7. The number of aromatic nitrogens is 1. The van der Waals surface area contributed by atoms with E-state index in [0.29, 0.717) is 6.54 Å². The van der Waals surface area contributed by atoms with Crippen LogP contribution in [0.5, 0.6) is 0 Å². The van der Waals surface area contributed by atoms with Crippen molar-refractivity contribution < 1.29 is 13.2 Å². The zero-order valence-electron chi connectivity index (χ0n) is 9.71. The van der Waals surface area contributed by atoms with Crippen LogP contribution in [0.15, 0.2) is 22.5 Å². The van der Waals surface area contributed by atoms with Crippen molar-refractivity contribution in [2.45, 2.75) is 17.7 Å². The van der Waals surface area contributed by atoms with Crippen LogP contribution in [0.1, 0.15) is 11.9 Å². The molecule has 1 amide bonds. The van der Waals surface area contributed by atoms with Gasteiger partial charge in [0, 0.05) is 28.7 Å². The van der Waals surface area contributed by atoms with Crippen LogP contribution in [0.4, 0.5) is 0 Å². The van der Waals surface area contributed by atoms with Crippen LogP contribution in [-0.2, 0) is 20.4 Å². The lowest BCUT2D eigenvalue weighted by Gasteiger charge is -1.95. The lowest BCUT2D eigenvalue weighted by molar-refractivity contribution is -0.119. The number of halogens is 1. The molecule has 2 heterocycles. The van der Waals surface area contributed by atoms with Gasteiger partial charge in [0.25, 0.3) is 9.05 Å². The Labute approximate surface area is 122 Å². The Morgan fingerprint density at radius 2 is 2.11 bits per heavy atom. The van der Waals surface area contributed by atoms with Gasteiger partial charge < -0.3 is 5.32 Å². The normalized spacial score (nSPS) is 11.5. The van der Waals surface area contributed by atoms with Crippen molar-refractivity contribution >= 4 is 48.3 Å². The van der Waals surface area contributed by atoms with Gasteiger partial charge in [-0.1, -0.05) is 0 Å². The number of rotatable bonds is 4. The third kappa shape index (κ3) is 3.75. The summed E-state index contributed by atoms with van der Waals surface area (Å²) in [6.07, 6.45) is 1.65. The van der Waals surface area contributed by atoms with Crippen LogP contribution in [0.3, 0.4) is 0 Å². The Kier molecular flexibility index (Phi) is 4.24. The molecule has 2 aromatic rings. The van der Waals surface area contributed by atoms with E-state index in [0.717, 1.165) is 26.1 Å². The second-order valence-corrected chi connectivity index (χ2v) is 8.58. The van der Waals surface area contributed by atoms with Crippen LogP contribution >= 0.6 is 33.4 Å². The molecule has 2 rings (SSSR count). The molecule has 0 bridgehead atoms. The minimum absolute atomic E-state index is 0.112. The Hall–Kier alpha value is -0.960. The predicted octanol–water partition coefficient (Wildman–Crippen LogP) is 2.44. The SMILES string of the molecule is CC(=O)NCc1ncc(-c2ccc(S(=O)(=O)Cl)s2)s1. The zero-order valence-corrected chi connectivity index (χ0v) is 12.9. The van der Waals surface area contributed by atoms with Gasteiger partial charge in [-0.2, -0.15) is 0 Å². The number of carbonyl (C=O) groups is 1. The molecule has 0 saturated heterocycles.